The third-order valence-corrected chi connectivity index (χ3v) is 6.71. The Labute approximate surface area is 208 Å². The average molecular weight is 500 g/mol. The molecular weight excluding hydrogens is 470 g/mol. The van der Waals surface area contributed by atoms with E-state index in [1.807, 2.05) is 0 Å². The van der Waals surface area contributed by atoms with Crippen LogP contribution in [0.1, 0.15) is 29.2 Å². The topological polar surface area (TPSA) is 114 Å². The number of aromatic hydroxyl groups is 2. The molecule has 0 saturated carbocycles. The lowest BCUT2D eigenvalue weighted by Crippen LogP contribution is -2.27. The quantitative estimate of drug-likeness (QED) is 0.240. The molecule has 3 N–H and O–H groups in total. The van der Waals surface area contributed by atoms with Crippen molar-refractivity contribution in [3.05, 3.63) is 64.2 Å². The summed E-state index contributed by atoms with van der Waals surface area (Å²) >= 11 is 1.40. The predicted molar refractivity (Wildman–Crippen MR) is 135 cm³/mol. The molecule has 0 radical (unpaired) electrons. The number of Topliss-reactive ketones (excluding diaryl/α,β-unsaturated/α-hetero) is 1. The predicted octanol–water partition coefficient (Wildman–Crippen LogP) is 3.98. The molecule has 0 bridgehead atoms. The Morgan fingerprint density at radius 2 is 1.77 bits per heavy atom. The molecule has 1 aliphatic rings. The number of nitrogens with one attached hydrogen (secondary N) is 1. The summed E-state index contributed by atoms with van der Waals surface area (Å²) in [6, 6.07) is 9.70. The first-order chi connectivity index (χ1) is 16.9. The number of methoxy groups -OCH3 is 3. The fourth-order valence-electron chi connectivity index (χ4n) is 3.57. The minimum Gasteiger partial charge on any atom is -0.504 e. The number of ketones is 2. The standard InChI is InChI=1S/C26H29NO7S/c1-32-12-4-11-27-26-25(20(30)9-6-16-5-8-18(28)22(13-16)33-2)21(31)15-24(35-26)17-7-10-19(29)23(14-17)34-3/h5-10,13-14,24,27-29H,4,11-12,15H2,1-3H3/b9-6+. The van der Waals surface area contributed by atoms with Gasteiger partial charge < -0.3 is 29.7 Å². The molecule has 2 aromatic rings. The van der Waals surface area contributed by atoms with Gasteiger partial charge in [-0.15, -0.1) is 0 Å². The van der Waals surface area contributed by atoms with Crippen LogP contribution in [-0.4, -0.2) is 56.3 Å². The summed E-state index contributed by atoms with van der Waals surface area (Å²) in [7, 11) is 4.52. The summed E-state index contributed by atoms with van der Waals surface area (Å²) in [6.07, 6.45) is 3.76. The summed E-state index contributed by atoms with van der Waals surface area (Å²) in [5, 5.41) is 23.2. The van der Waals surface area contributed by atoms with E-state index in [4.69, 9.17) is 14.2 Å². The van der Waals surface area contributed by atoms with Crippen molar-refractivity contribution < 1.29 is 34.0 Å². The number of phenols is 2. The monoisotopic (exact) mass is 499 g/mol. The number of carbonyl (C=O) groups excluding carboxylic acids is 2. The molecule has 2 aromatic carbocycles. The second-order valence-corrected chi connectivity index (χ2v) is 8.98. The van der Waals surface area contributed by atoms with Crippen LogP contribution in [0.5, 0.6) is 23.0 Å². The minimum atomic E-state index is -0.412. The van der Waals surface area contributed by atoms with Gasteiger partial charge in [-0.1, -0.05) is 30.0 Å². The number of ether oxygens (including phenoxy) is 3. The Morgan fingerprint density at radius 3 is 2.46 bits per heavy atom. The van der Waals surface area contributed by atoms with E-state index in [0.717, 1.165) is 5.56 Å². The van der Waals surface area contributed by atoms with Gasteiger partial charge in [-0.2, -0.15) is 0 Å². The average Bonchev–Trinajstić information content (AvgIpc) is 2.86. The number of thioether (sulfide) groups is 1. The number of carbonyl (C=O) groups is 2. The molecule has 3 rings (SSSR count). The van der Waals surface area contributed by atoms with Gasteiger partial charge in [0.2, 0.25) is 0 Å². The van der Waals surface area contributed by atoms with Crippen LogP contribution < -0.4 is 14.8 Å². The maximum absolute atomic E-state index is 13.2. The molecule has 0 aliphatic carbocycles. The molecule has 1 aliphatic heterocycles. The summed E-state index contributed by atoms with van der Waals surface area (Å²) in [6.45, 7) is 1.08. The van der Waals surface area contributed by atoms with Crippen molar-refractivity contribution in [2.75, 3.05) is 34.5 Å². The van der Waals surface area contributed by atoms with Crippen molar-refractivity contribution in [1.29, 1.82) is 0 Å². The van der Waals surface area contributed by atoms with E-state index in [1.165, 1.54) is 44.2 Å². The third-order valence-electron chi connectivity index (χ3n) is 5.40. The Kier molecular flexibility index (Phi) is 9.22. The Morgan fingerprint density at radius 1 is 1.09 bits per heavy atom. The van der Waals surface area contributed by atoms with Gasteiger partial charge in [0.15, 0.2) is 34.6 Å². The minimum absolute atomic E-state index is 0.00279. The number of hydrogen-bond donors (Lipinski definition) is 3. The van der Waals surface area contributed by atoms with E-state index >= 15 is 0 Å². The zero-order valence-corrected chi connectivity index (χ0v) is 20.7. The molecule has 35 heavy (non-hydrogen) atoms. The lowest BCUT2D eigenvalue weighted by molar-refractivity contribution is -0.119. The molecule has 1 heterocycles. The van der Waals surface area contributed by atoms with E-state index in [1.54, 1.807) is 37.5 Å². The number of rotatable bonds is 11. The third kappa shape index (κ3) is 6.58. The molecule has 9 heteroatoms. The maximum atomic E-state index is 13.2. The van der Waals surface area contributed by atoms with Crippen LogP contribution in [-0.2, 0) is 14.3 Å². The van der Waals surface area contributed by atoms with Gasteiger partial charge in [0, 0.05) is 31.9 Å². The molecule has 0 fully saturated rings. The van der Waals surface area contributed by atoms with Gasteiger partial charge in [0.1, 0.15) is 0 Å². The molecule has 0 aromatic heterocycles. The van der Waals surface area contributed by atoms with Crippen LogP contribution in [0, 0.1) is 0 Å². The molecular formula is C26H29NO7S. The number of hydrogen-bond acceptors (Lipinski definition) is 9. The zero-order chi connectivity index (χ0) is 25.4. The van der Waals surface area contributed by atoms with E-state index in [0.29, 0.717) is 35.9 Å². The summed E-state index contributed by atoms with van der Waals surface area (Å²) in [5.41, 5.74) is 1.57. The highest BCUT2D eigenvalue weighted by molar-refractivity contribution is 8.03. The lowest BCUT2D eigenvalue weighted by Gasteiger charge is -2.26. The van der Waals surface area contributed by atoms with Crippen LogP contribution in [0.15, 0.2) is 53.1 Å². The van der Waals surface area contributed by atoms with Crippen LogP contribution >= 0.6 is 11.8 Å². The highest BCUT2D eigenvalue weighted by atomic mass is 32.2. The molecule has 1 atom stereocenters. The van der Waals surface area contributed by atoms with Crippen molar-refractivity contribution in [3.63, 3.8) is 0 Å². The van der Waals surface area contributed by atoms with Gasteiger partial charge in [-0.3, -0.25) is 9.59 Å². The second kappa shape index (κ2) is 12.3. The van der Waals surface area contributed by atoms with Gasteiger partial charge in [0.05, 0.1) is 24.8 Å². The van der Waals surface area contributed by atoms with Gasteiger partial charge in [0.25, 0.3) is 0 Å². The second-order valence-electron chi connectivity index (χ2n) is 7.77. The molecule has 1 unspecified atom stereocenters. The van der Waals surface area contributed by atoms with E-state index in [2.05, 4.69) is 5.32 Å². The van der Waals surface area contributed by atoms with E-state index in [9.17, 15) is 19.8 Å². The first-order valence-corrected chi connectivity index (χ1v) is 11.9. The number of allylic oxidation sites excluding steroid dienone is 2. The molecule has 8 nitrogen and oxygen atoms in total. The summed E-state index contributed by atoms with van der Waals surface area (Å²) in [5.74, 6) is -0.0572. The first-order valence-electron chi connectivity index (χ1n) is 11.0. The largest absolute Gasteiger partial charge is 0.504 e. The van der Waals surface area contributed by atoms with Gasteiger partial charge in [-0.05, 0) is 47.9 Å². The van der Waals surface area contributed by atoms with Crippen molar-refractivity contribution in [2.24, 2.45) is 0 Å². The smallest absolute Gasteiger partial charge is 0.192 e. The Balaban J connectivity index is 1.88. The van der Waals surface area contributed by atoms with Crippen molar-refractivity contribution in [1.82, 2.24) is 5.32 Å². The maximum Gasteiger partial charge on any atom is 0.192 e. The summed E-state index contributed by atoms with van der Waals surface area (Å²) < 4.78 is 15.4. The number of benzene rings is 2. The fourth-order valence-corrected chi connectivity index (χ4v) is 4.89. The highest BCUT2D eigenvalue weighted by Crippen LogP contribution is 2.44. The Bertz CT molecular complexity index is 1140. The van der Waals surface area contributed by atoms with Crippen LogP contribution in [0.3, 0.4) is 0 Å². The normalized spacial score (nSPS) is 16.0. The van der Waals surface area contributed by atoms with Crippen LogP contribution in [0.2, 0.25) is 0 Å². The molecule has 0 amide bonds. The van der Waals surface area contributed by atoms with Gasteiger partial charge >= 0.3 is 0 Å². The highest BCUT2D eigenvalue weighted by Gasteiger charge is 2.32. The van der Waals surface area contributed by atoms with Gasteiger partial charge in [-0.25, -0.2) is 0 Å². The number of phenolic OH excluding ortho intramolecular Hbond substituents is 2. The SMILES string of the molecule is COCCCNC1=C(C(=O)/C=C/c2ccc(O)c(OC)c2)C(=O)CC(c2ccc(O)c(OC)c2)S1. The molecule has 0 saturated heterocycles. The lowest BCUT2D eigenvalue weighted by atomic mass is 9.98. The fraction of sp³-hybridized carbons (Fsp3) is 0.308. The zero-order valence-electron chi connectivity index (χ0n) is 19.9. The van der Waals surface area contributed by atoms with E-state index < -0.39 is 5.78 Å². The Hall–Kier alpha value is -3.43. The van der Waals surface area contributed by atoms with Crippen molar-refractivity contribution in [3.8, 4) is 23.0 Å². The molecule has 186 valence electrons. The molecule has 0 spiro atoms. The van der Waals surface area contributed by atoms with Crippen LogP contribution in [0.25, 0.3) is 6.08 Å². The first kappa shape index (κ1) is 26.2. The van der Waals surface area contributed by atoms with Crippen LogP contribution in [0.4, 0.5) is 0 Å². The summed E-state index contributed by atoms with van der Waals surface area (Å²) in [4.78, 5) is 26.3. The van der Waals surface area contributed by atoms with Crippen molar-refractivity contribution >= 4 is 29.4 Å². The van der Waals surface area contributed by atoms with E-state index in [-0.39, 0.29) is 40.3 Å². The van der Waals surface area contributed by atoms with Crippen molar-refractivity contribution in [2.45, 2.75) is 18.1 Å².